The van der Waals surface area contributed by atoms with Gasteiger partial charge in [0.1, 0.15) is 0 Å². The Balaban J connectivity index is 1.51. The van der Waals surface area contributed by atoms with Gasteiger partial charge in [0.05, 0.1) is 5.75 Å². The van der Waals surface area contributed by atoms with Crippen molar-refractivity contribution in [3.8, 4) is 0 Å². The largest absolute Gasteiger partial charge is 0.325 e. The minimum Gasteiger partial charge on any atom is -0.325 e. The molecule has 0 aliphatic heterocycles. The molecule has 0 bridgehead atoms. The molecule has 0 unspecified atom stereocenters. The van der Waals surface area contributed by atoms with E-state index >= 15 is 0 Å². The number of benzene rings is 3. The molecule has 0 aliphatic rings. The molecule has 2 amide bonds. The monoisotopic (exact) mass is 402 g/mol. The number of carbonyl (C=O) groups excluding carboxylic acids is 2. The van der Waals surface area contributed by atoms with Gasteiger partial charge in [0.25, 0.3) is 0 Å². The number of hydrogen-bond acceptors (Lipinski definition) is 3. The number of hydrogen-bond donors (Lipinski definition) is 2. The third-order valence-electron chi connectivity index (χ3n) is 4.03. The Morgan fingerprint density at radius 2 is 1.62 bits per heavy atom. The van der Waals surface area contributed by atoms with Crippen molar-refractivity contribution in [1.29, 1.82) is 0 Å². The zero-order valence-corrected chi connectivity index (χ0v) is 16.9. The van der Waals surface area contributed by atoms with Crippen molar-refractivity contribution in [2.45, 2.75) is 11.8 Å². The quantitative estimate of drug-likeness (QED) is 0.412. The van der Waals surface area contributed by atoms with E-state index in [1.165, 1.54) is 17.8 Å². The highest BCUT2D eigenvalue weighted by molar-refractivity contribution is 8.00. The summed E-state index contributed by atoms with van der Waals surface area (Å²) in [4.78, 5) is 25.2. The van der Waals surface area contributed by atoms with Gasteiger partial charge in [-0.2, -0.15) is 0 Å². The Kier molecular flexibility index (Phi) is 7.25. The number of carbonyl (C=O) groups is 2. The number of thioether (sulfide) groups is 1. The molecule has 3 aromatic carbocycles. The van der Waals surface area contributed by atoms with Crippen LogP contribution in [0.3, 0.4) is 0 Å². The van der Waals surface area contributed by atoms with E-state index in [9.17, 15) is 9.59 Å². The van der Waals surface area contributed by atoms with Gasteiger partial charge in [-0.3, -0.25) is 9.59 Å². The molecule has 0 saturated carbocycles. The number of nitrogens with one attached hydrogen (secondary N) is 2. The Bertz CT molecular complexity index is 999. The topological polar surface area (TPSA) is 58.2 Å². The zero-order chi connectivity index (χ0) is 20.5. The van der Waals surface area contributed by atoms with Crippen LogP contribution in [0.5, 0.6) is 0 Å². The van der Waals surface area contributed by atoms with Crippen LogP contribution in [-0.2, 0) is 9.59 Å². The van der Waals surface area contributed by atoms with Crippen molar-refractivity contribution in [3.05, 3.63) is 96.1 Å². The molecule has 146 valence electrons. The van der Waals surface area contributed by atoms with Gasteiger partial charge < -0.3 is 10.6 Å². The number of anilines is 2. The molecule has 2 N–H and O–H groups in total. The van der Waals surface area contributed by atoms with Gasteiger partial charge in [0.2, 0.25) is 11.8 Å². The van der Waals surface area contributed by atoms with Gasteiger partial charge in [0.15, 0.2) is 0 Å². The zero-order valence-electron chi connectivity index (χ0n) is 16.1. The van der Waals surface area contributed by atoms with Crippen LogP contribution in [-0.4, -0.2) is 17.6 Å². The average Bonchev–Trinajstić information content (AvgIpc) is 2.73. The summed E-state index contributed by atoms with van der Waals surface area (Å²) in [5.41, 5.74) is 3.59. The second kappa shape index (κ2) is 10.3. The molecule has 29 heavy (non-hydrogen) atoms. The lowest BCUT2D eigenvalue weighted by atomic mass is 10.2. The summed E-state index contributed by atoms with van der Waals surface area (Å²) in [6, 6.07) is 24.8. The van der Waals surface area contributed by atoms with Crippen LogP contribution in [0.25, 0.3) is 6.08 Å². The van der Waals surface area contributed by atoms with Crippen LogP contribution < -0.4 is 10.6 Å². The van der Waals surface area contributed by atoms with Crippen LogP contribution >= 0.6 is 11.8 Å². The smallest absolute Gasteiger partial charge is 0.248 e. The average molecular weight is 403 g/mol. The van der Waals surface area contributed by atoms with Gasteiger partial charge in [0, 0.05) is 22.3 Å². The first-order chi connectivity index (χ1) is 14.1. The lowest BCUT2D eigenvalue weighted by molar-refractivity contribution is -0.114. The molecule has 0 spiro atoms. The summed E-state index contributed by atoms with van der Waals surface area (Å²) >= 11 is 1.42. The molecule has 5 heteroatoms. The van der Waals surface area contributed by atoms with E-state index in [1.807, 2.05) is 85.8 Å². The van der Waals surface area contributed by atoms with E-state index in [0.717, 1.165) is 21.7 Å². The second-order valence-corrected chi connectivity index (χ2v) is 7.51. The highest BCUT2D eigenvalue weighted by atomic mass is 32.2. The van der Waals surface area contributed by atoms with Crippen molar-refractivity contribution in [2.24, 2.45) is 0 Å². The van der Waals surface area contributed by atoms with Crippen LogP contribution in [0.2, 0.25) is 0 Å². The van der Waals surface area contributed by atoms with Gasteiger partial charge in [-0.05, 0) is 48.9 Å². The SMILES string of the molecule is Cc1ccc(NC(=O)CSc2cccc(NC(=O)/C=C/c3ccccc3)c2)cc1. The standard InChI is InChI=1S/C24H22N2O2S/c1-18-10-13-20(14-11-18)25-24(28)17-29-22-9-5-8-21(16-22)26-23(27)15-12-19-6-3-2-4-7-19/h2-16H,17H2,1H3,(H,25,28)(H,26,27)/b15-12+. The van der Waals surface area contributed by atoms with Crippen LogP contribution in [0.1, 0.15) is 11.1 Å². The van der Waals surface area contributed by atoms with Gasteiger partial charge in [-0.25, -0.2) is 0 Å². The van der Waals surface area contributed by atoms with Crippen molar-refractivity contribution in [1.82, 2.24) is 0 Å². The highest BCUT2D eigenvalue weighted by Crippen LogP contribution is 2.22. The first-order valence-corrected chi connectivity index (χ1v) is 10.2. The second-order valence-electron chi connectivity index (χ2n) is 6.46. The summed E-state index contributed by atoms with van der Waals surface area (Å²) in [5.74, 6) is 0.0198. The molecule has 0 heterocycles. The van der Waals surface area contributed by atoms with E-state index < -0.39 is 0 Å². The summed E-state index contributed by atoms with van der Waals surface area (Å²) < 4.78 is 0. The molecule has 3 rings (SSSR count). The van der Waals surface area contributed by atoms with Crippen molar-refractivity contribution >= 4 is 41.0 Å². The van der Waals surface area contributed by atoms with Crippen LogP contribution in [0.15, 0.2) is 89.8 Å². The summed E-state index contributed by atoms with van der Waals surface area (Å²) in [6.07, 6.45) is 3.27. The molecule has 3 aromatic rings. The number of amides is 2. The maximum Gasteiger partial charge on any atom is 0.248 e. The van der Waals surface area contributed by atoms with Gasteiger partial charge >= 0.3 is 0 Å². The molecule has 0 atom stereocenters. The first kappa shape index (κ1) is 20.4. The van der Waals surface area contributed by atoms with Gasteiger partial charge in [-0.1, -0.05) is 54.1 Å². The molecule has 0 fully saturated rings. The summed E-state index contributed by atoms with van der Waals surface area (Å²) in [5, 5.41) is 5.73. The lowest BCUT2D eigenvalue weighted by Crippen LogP contribution is -2.13. The van der Waals surface area contributed by atoms with Crippen molar-refractivity contribution < 1.29 is 9.59 Å². The predicted molar refractivity (Wildman–Crippen MR) is 121 cm³/mol. The Labute approximate surface area is 175 Å². The fourth-order valence-corrected chi connectivity index (χ4v) is 3.32. The lowest BCUT2D eigenvalue weighted by Gasteiger charge is -2.07. The molecular formula is C24H22N2O2S. The fraction of sp³-hybridized carbons (Fsp3) is 0.0833. The Morgan fingerprint density at radius 1 is 0.862 bits per heavy atom. The maximum absolute atomic E-state index is 12.1. The minimum absolute atomic E-state index is 0.0703. The molecule has 0 saturated heterocycles. The first-order valence-electron chi connectivity index (χ1n) is 9.22. The van der Waals surface area contributed by atoms with Crippen molar-refractivity contribution in [3.63, 3.8) is 0 Å². The fourth-order valence-electron chi connectivity index (χ4n) is 2.57. The van der Waals surface area contributed by atoms with Crippen LogP contribution in [0.4, 0.5) is 11.4 Å². The predicted octanol–water partition coefficient (Wildman–Crippen LogP) is 5.38. The van der Waals surface area contributed by atoms with Crippen LogP contribution in [0, 0.1) is 6.92 Å². The van der Waals surface area contributed by atoms with E-state index in [4.69, 9.17) is 0 Å². The molecule has 0 aliphatic carbocycles. The third-order valence-corrected chi connectivity index (χ3v) is 5.03. The molecular weight excluding hydrogens is 380 g/mol. The Hall–Kier alpha value is -3.31. The highest BCUT2D eigenvalue weighted by Gasteiger charge is 2.05. The third kappa shape index (κ3) is 6.97. The van der Waals surface area contributed by atoms with E-state index in [2.05, 4.69) is 10.6 Å². The minimum atomic E-state index is -0.201. The summed E-state index contributed by atoms with van der Waals surface area (Å²) in [6.45, 7) is 2.00. The van der Waals surface area contributed by atoms with E-state index in [-0.39, 0.29) is 11.8 Å². The van der Waals surface area contributed by atoms with Crippen molar-refractivity contribution in [2.75, 3.05) is 16.4 Å². The molecule has 0 radical (unpaired) electrons. The number of rotatable bonds is 7. The number of aryl methyl sites for hydroxylation is 1. The van der Waals surface area contributed by atoms with E-state index in [1.54, 1.807) is 6.08 Å². The van der Waals surface area contributed by atoms with E-state index in [0.29, 0.717) is 11.4 Å². The Morgan fingerprint density at radius 3 is 2.38 bits per heavy atom. The molecule has 4 nitrogen and oxygen atoms in total. The maximum atomic E-state index is 12.1. The summed E-state index contributed by atoms with van der Waals surface area (Å²) in [7, 11) is 0. The molecule has 0 aromatic heterocycles. The van der Waals surface area contributed by atoms with Gasteiger partial charge in [-0.15, -0.1) is 11.8 Å². The normalized spacial score (nSPS) is 10.7.